The van der Waals surface area contributed by atoms with Crippen LogP contribution in [0.3, 0.4) is 0 Å². The van der Waals surface area contributed by atoms with Crippen molar-refractivity contribution in [2.75, 3.05) is 13.1 Å². The van der Waals surface area contributed by atoms with E-state index in [4.69, 9.17) is 0 Å². The Hall–Kier alpha value is -1.84. The van der Waals surface area contributed by atoms with Crippen LogP contribution >= 0.6 is 0 Å². The molecule has 0 bridgehead atoms. The lowest BCUT2D eigenvalue weighted by atomic mass is 9.94. The van der Waals surface area contributed by atoms with Crippen molar-refractivity contribution >= 4 is 11.8 Å². The van der Waals surface area contributed by atoms with E-state index in [1.54, 1.807) is 6.92 Å². The van der Waals surface area contributed by atoms with Gasteiger partial charge in [-0.25, -0.2) is 0 Å². The van der Waals surface area contributed by atoms with E-state index in [2.05, 4.69) is 5.32 Å². The number of rotatable bonds is 6. The quantitative estimate of drug-likeness (QED) is 0.877. The molecule has 0 unspecified atom stereocenters. The molecule has 1 aromatic carbocycles. The van der Waals surface area contributed by atoms with Gasteiger partial charge in [0.05, 0.1) is 6.42 Å². The summed E-state index contributed by atoms with van der Waals surface area (Å²) < 4.78 is 0. The smallest absolute Gasteiger partial charge is 0.224 e. The lowest BCUT2D eigenvalue weighted by molar-refractivity contribution is -0.132. The molecule has 0 radical (unpaired) electrons. The van der Waals surface area contributed by atoms with Gasteiger partial charge in [0.1, 0.15) is 0 Å². The van der Waals surface area contributed by atoms with Gasteiger partial charge in [-0.05, 0) is 30.9 Å². The van der Waals surface area contributed by atoms with E-state index < -0.39 is 0 Å². The molecule has 2 rings (SSSR count). The van der Waals surface area contributed by atoms with Crippen molar-refractivity contribution < 1.29 is 9.59 Å². The number of hydrogen-bond acceptors (Lipinski definition) is 2. The normalized spacial score (nSPS) is 15.2. The van der Waals surface area contributed by atoms with Crippen LogP contribution in [0.4, 0.5) is 0 Å². The Balaban J connectivity index is 1.79. The number of benzene rings is 1. The maximum Gasteiger partial charge on any atom is 0.224 e. The number of aryl methyl sites for hydroxylation is 1. The van der Waals surface area contributed by atoms with Crippen LogP contribution in [0.15, 0.2) is 24.3 Å². The predicted molar refractivity (Wildman–Crippen MR) is 92.2 cm³/mol. The van der Waals surface area contributed by atoms with Crippen LogP contribution < -0.4 is 5.32 Å². The second-order valence-electron chi connectivity index (χ2n) is 6.46. The molecular formula is C19H28N2O2. The summed E-state index contributed by atoms with van der Waals surface area (Å²) >= 11 is 0. The Labute approximate surface area is 139 Å². The molecule has 4 nitrogen and oxygen atoms in total. The van der Waals surface area contributed by atoms with Crippen molar-refractivity contribution in [3.8, 4) is 0 Å². The summed E-state index contributed by atoms with van der Waals surface area (Å²) in [5.74, 6) is 0.136. The Bertz CT molecular complexity index is 536. The van der Waals surface area contributed by atoms with E-state index in [-0.39, 0.29) is 11.8 Å². The molecule has 1 aromatic rings. The van der Waals surface area contributed by atoms with Crippen molar-refractivity contribution in [3.05, 3.63) is 35.4 Å². The average Bonchev–Trinajstić information content (AvgIpc) is 2.54. The van der Waals surface area contributed by atoms with Crippen molar-refractivity contribution in [3.63, 3.8) is 0 Å². The molecule has 126 valence electrons. The maximum absolute atomic E-state index is 12.1. The van der Waals surface area contributed by atoms with Crippen LogP contribution in [-0.2, 0) is 16.0 Å². The van der Waals surface area contributed by atoms with E-state index in [1.807, 2.05) is 36.1 Å². The summed E-state index contributed by atoms with van der Waals surface area (Å²) in [5.41, 5.74) is 2.19. The summed E-state index contributed by atoms with van der Waals surface area (Å²) in [6.07, 6.45) is 6.27. The number of carbonyl (C=O) groups excluding carboxylic acids is 2. The molecule has 1 saturated carbocycles. The number of hydrogen-bond donors (Lipinski definition) is 1. The third-order valence-corrected chi connectivity index (χ3v) is 4.71. The minimum absolute atomic E-state index is 0.0199. The van der Waals surface area contributed by atoms with Gasteiger partial charge in [0.25, 0.3) is 0 Å². The van der Waals surface area contributed by atoms with Crippen LogP contribution in [0.5, 0.6) is 0 Å². The molecule has 0 aromatic heterocycles. The molecule has 1 N–H and O–H groups in total. The summed E-state index contributed by atoms with van der Waals surface area (Å²) in [7, 11) is 0. The molecule has 2 amide bonds. The average molecular weight is 316 g/mol. The highest BCUT2D eigenvalue weighted by atomic mass is 16.2. The lowest BCUT2D eigenvalue weighted by Gasteiger charge is -2.33. The Morgan fingerprint density at radius 2 is 1.87 bits per heavy atom. The van der Waals surface area contributed by atoms with Crippen molar-refractivity contribution in [2.45, 2.75) is 58.4 Å². The van der Waals surface area contributed by atoms with Gasteiger partial charge in [-0.2, -0.15) is 0 Å². The summed E-state index contributed by atoms with van der Waals surface area (Å²) in [6.45, 7) is 4.78. The van der Waals surface area contributed by atoms with Crippen molar-refractivity contribution in [2.24, 2.45) is 0 Å². The Morgan fingerprint density at radius 3 is 2.52 bits per heavy atom. The molecule has 1 aliphatic carbocycles. The molecule has 0 aliphatic heterocycles. The van der Waals surface area contributed by atoms with Crippen LogP contribution in [0, 0.1) is 6.92 Å². The topological polar surface area (TPSA) is 49.4 Å². The molecule has 4 heteroatoms. The molecule has 0 saturated heterocycles. The zero-order valence-electron chi connectivity index (χ0n) is 14.3. The number of nitrogens with one attached hydrogen (secondary N) is 1. The van der Waals surface area contributed by atoms with Gasteiger partial charge in [0.2, 0.25) is 11.8 Å². The van der Waals surface area contributed by atoms with E-state index in [0.29, 0.717) is 25.6 Å². The van der Waals surface area contributed by atoms with Gasteiger partial charge in [-0.3, -0.25) is 9.59 Å². The fraction of sp³-hybridized carbons (Fsp3) is 0.579. The van der Waals surface area contributed by atoms with Crippen molar-refractivity contribution in [1.82, 2.24) is 10.2 Å². The fourth-order valence-electron chi connectivity index (χ4n) is 3.35. The monoisotopic (exact) mass is 316 g/mol. The van der Waals surface area contributed by atoms with Crippen LogP contribution in [0.1, 0.15) is 50.2 Å². The van der Waals surface area contributed by atoms with Gasteiger partial charge in [0.15, 0.2) is 0 Å². The van der Waals surface area contributed by atoms with Gasteiger partial charge >= 0.3 is 0 Å². The predicted octanol–water partition coefficient (Wildman–Crippen LogP) is 2.83. The van der Waals surface area contributed by atoms with Gasteiger partial charge < -0.3 is 10.2 Å². The largest absolute Gasteiger partial charge is 0.354 e. The first-order valence-electron chi connectivity index (χ1n) is 8.66. The fourth-order valence-corrected chi connectivity index (χ4v) is 3.35. The summed E-state index contributed by atoms with van der Waals surface area (Å²) in [4.78, 5) is 25.9. The highest BCUT2D eigenvalue weighted by molar-refractivity contribution is 5.79. The number of amides is 2. The molecular weight excluding hydrogens is 288 g/mol. The second-order valence-corrected chi connectivity index (χ2v) is 6.46. The minimum atomic E-state index is 0.0199. The molecule has 1 aliphatic rings. The van der Waals surface area contributed by atoms with Crippen molar-refractivity contribution in [1.29, 1.82) is 0 Å². The Morgan fingerprint density at radius 1 is 1.17 bits per heavy atom. The highest BCUT2D eigenvalue weighted by Gasteiger charge is 2.22. The zero-order chi connectivity index (χ0) is 16.7. The molecule has 0 heterocycles. The van der Waals surface area contributed by atoms with Gasteiger partial charge in [-0.15, -0.1) is 0 Å². The number of carbonyl (C=O) groups is 2. The van der Waals surface area contributed by atoms with Crippen LogP contribution in [0.2, 0.25) is 0 Å². The summed E-state index contributed by atoms with van der Waals surface area (Å²) in [6, 6.07) is 8.29. The third kappa shape index (κ3) is 5.38. The van der Waals surface area contributed by atoms with Gasteiger partial charge in [-0.1, -0.05) is 43.5 Å². The first kappa shape index (κ1) is 17.5. The lowest BCUT2D eigenvalue weighted by Crippen LogP contribution is -2.44. The van der Waals surface area contributed by atoms with E-state index in [9.17, 15) is 9.59 Å². The van der Waals surface area contributed by atoms with Crippen LogP contribution in [-0.4, -0.2) is 35.8 Å². The third-order valence-electron chi connectivity index (χ3n) is 4.71. The molecule has 1 fully saturated rings. The van der Waals surface area contributed by atoms with E-state index in [1.165, 1.54) is 19.3 Å². The molecule has 23 heavy (non-hydrogen) atoms. The highest BCUT2D eigenvalue weighted by Crippen LogP contribution is 2.22. The van der Waals surface area contributed by atoms with Crippen LogP contribution in [0.25, 0.3) is 0 Å². The first-order chi connectivity index (χ1) is 11.1. The zero-order valence-corrected chi connectivity index (χ0v) is 14.3. The summed E-state index contributed by atoms with van der Waals surface area (Å²) in [5, 5.41) is 2.95. The molecule has 0 spiro atoms. The van der Waals surface area contributed by atoms with Gasteiger partial charge in [0, 0.05) is 26.1 Å². The maximum atomic E-state index is 12.1. The minimum Gasteiger partial charge on any atom is -0.354 e. The number of nitrogens with zero attached hydrogens (tertiary/aromatic N) is 1. The second kappa shape index (κ2) is 8.70. The Kier molecular flexibility index (Phi) is 6.63. The van der Waals surface area contributed by atoms with E-state index >= 15 is 0 Å². The standard InChI is InChI=1S/C19H28N2O2/c1-15-8-6-7-9-17(15)14-19(23)20-12-13-21(16(2)22)18-10-4-3-5-11-18/h6-9,18H,3-5,10-14H2,1-2H3,(H,20,23). The SMILES string of the molecule is CC(=O)N(CCNC(=O)Cc1ccccc1C)C1CCCCC1. The molecule has 0 atom stereocenters. The van der Waals surface area contributed by atoms with E-state index in [0.717, 1.165) is 24.0 Å². The first-order valence-corrected chi connectivity index (χ1v) is 8.66.